The lowest BCUT2D eigenvalue weighted by molar-refractivity contribution is 0.185. The molecule has 138 valence electrons. The molecule has 6 heteroatoms. The smallest absolute Gasteiger partial charge is 0.191 e. The first-order valence-electron chi connectivity index (χ1n) is 8.78. The average molecular weight is 356 g/mol. The maximum atomic E-state index is 13.0. The largest absolute Gasteiger partial charge is 0.380 e. The Labute approximate surface area is 153 Å². The van der Waals surface area contributed by atoms with Gasteiger partial charge in [0.05, 0.1) is 13.2 Å². The Morgan fingerprint density at radius 2 is 1.62 bits per heavy atom. The summed E-state index contributed by atoms with van der Waals surface area (Å²) in [5.41, 5.74) is 9.47. The summed E-state index contributed by atoms with van der Waals surface area (Å²) in [5, 5.41) is 0. The molecule has 2 aromatic carbocycles. The van der Waals surface area contributed by atoms with E-state index >= 15 is 0 Å². The lowest BCUT2D eigenvalue weighted by Crippen LogP contribution is -2.51. The summed E-state index contributed by atoms with van der Waals surface area (Å²) in [6.45, 7) is 4.47. The number of ether oxygens (including phenoxy) is 1. The van der Waals surface area contributed by atoms with E-state index < -0.39 is 0 Å². The number of halogens is 1. The Hall–Kier alpha value is -2.60. The third-order valence-electron chi connectivity index (χ3n) is 4.55. The predicted molar refractivity (Wildman–Crippen MR) is 103 cm³/mol. The van der Waals surface area contributed by atoms with Crippen LogP contribution in [0.15, 0.2) is 53.5 Å². The average Bonchev–Trinajstić information content (AvgIpc) is 2.68. The Bertz CT molecular complexity index is 722. The van der Waals surface area contributed by atoms with E-state index in [0.717, 1.165) is 43.0 Å². The van der Waals surface area contributed by atoms with E-state index in [0.29, 0.717) is 19.1 Å². The summed E-state index contributed by atoms with van der Waals surface area (Å²) >= 11 is 0. The standard InChI is InChI=1S/C20H25FN4O/c1-26-15-17-4-2-16(3-5-17)14-23-20(22)25-12-10-24(11-13-25)19-8-6-18(21)7-9-19/h2-9H,10-15H2,1H3,(H2,22,23). The van der Waals surface area contributed by atoms with Crippen molar-refractivity contribution in [2.45, 2.75) is 13.2 Å². The van der Waals surface area contributed by atoms with Gasteiger partial charge in [0.15, 0.2) is 5.96 Å². The number of piperazine rings is 1. The van der Waals surface area contributed by atoms with Crippen LogP contribution in [0.4, 0.5) is 10.1 Å². The summed E-state index contributed by atoms with van der Waals surface area (Å²) in [6, 6.07) is 14.8. The van der Waals surface area contributed by atoms with Gasteiger partial charge in [-0.2, -0.15) is 0 Å². The van der Waals surface area contributed by atoms with Crippen LogP contribution in [0.2, 0.25) is 0 Å². The van der Waals surface area contributed by atoms with Crippen molar-refractivity contribution in [1.82, 2.24) is 4.90 Å². The van der Waals surface area contributed by atoms with E-state index in [-0.39, 0.29) is 5.82 Å². The van der Waals surface area contributed by atoms with Crippen LogP contribution in [0.25, 0.3) is 0 Å². The summed E-state index contributed by atoms with van der Waals surface area (Å²) in [4.78, 5) is 8.85. The zero-order chi connectivity index (χ0) is 18.4. The molecule has 0 aromatic heterocycles. The molecule has 1 aliphatic rings. The monoisotopic (exact) mass is 356 g/mol. The van der Waals surface area contributed by atoms with Gasteiger partial charge in [0.2, 0.25) is 0 Å². The molecular formula is C20H25FN4O. The summed E-state index contributed by atoms with van der Waals surface area (Å²) in [7, 11) is 1.69. The van der Waals surface area contributed by atoms with Crippen molar-refractivity contribution in [3.63, 3.8) is 0 Å². The van der Waals surface area contributed by atoms with Gasteiger partial charge < -0.3 is 20.3 Å². The number of aliphatic imine (C=N–C) groups is 1. The molecule has 3 rings (SSSR count). The fourth-order valence-corrected chi connectivity index (χ4v) is 3.03. The molecule has 2 aromatic rings. The minimum atomic E-state index is -0.209. The number of anilines is 1. The number of methoxy groups -OCH3 is 1. The molecule has 0 saturated carbocycles. The van der Waals surface area contributed by atoms with Crippen molar-refractivity contribution in [3.05, 3.63) is 65.5 Å². The van der Waals surface area contributed by atoms with E-state index in [9.17, 15) is 4.39 Å². The third kappa shape index (κ3) is 4.73. The second-order valence-corrected chi connectivity index (χ2v) is 6.37. The summed E-state index contributed by atoms with van der Waals surface area (Å²) in [5.74, 6) is 0.365. The van der Waals surface area contributed by atoms with Gasteiger partial charge in [-0.25, -0.2) is 9.38 Å². The summed E-state index contributed by atoms with van der Waals surface area (Å²) in [6.07, 6.45) is 0. The molecule has 26 heavy (non-hydrogen) atoms. The Balaban J connectivity index is 1.51. The third-order valence-corrected chi connectivity index (χ3v) is 4.55. The lowest BCUT2D eigenvalue weighted by atomic mass is 10.1. The van der Waals surface area contributed by atoms with Crippen molar-refractivity contribution < 1.29 is 9.13 Å². The number of benzene rings is 2. The van der Waals surface area contributed by atoms with Crippen LogP contribution in [0.5, 0.6) is 0 Å². The molecule has 0 unspecified atom stereocenters. The highest BCUT2D eigenvalue weighted by Gasteiger charge is 2.18. The molecule has 1 aliphatic heterocycles. The van der Waals surface area contributed by atoms with Gasteiger partial charge in [0.25, 0.3) is 0 Å². The molecule has 0 amide bonds. The fourth-order valence-electron chi connectivity index (χ4n) is 3.03. The second-order valence-electron chi connectivity index (χ2n) is 6.37. The maximum Gasteiger partial charge on any atom is 0.191 e. The molecule has 2 N–H and O–H groups in total. The summed E-state index contributed by atoms with van der Waals surface area (Å²) < 4.78 is 18.2. The first-order valence-corrected chi connectivity index (χ1v) is 8.78. The van der Waals surface area contributed by atoms with Crippen LogP contribution >= 0.6 is 0 Å². The number of hydrogen-bond donors (Lipinski definition) is 1. The lowest BCUT2D eigenvalue weighted by Gasteiger charge is -2.36. The van der Waals surface area contributed by atoms with Gasteiger partial charge >= 0.3 is 0 Å². The Kier molecular flexibility index (Phi) is 6.07. The van der Waals surface area contributed by atoms with Crippen LogP contribution in [-0.4, -0.2) is 44.1 Å². The molecule has 0 bridgehead atoms. The molecule has 0 spiro atoms. The zero-order valence-corrected chi connectivity index (χ0v) is 15.1. The van der Waals surface area contributed by atoms with Crippen LogP contribution in [0, 0.1) is 5.82 Å². The first kappa shape index (κ1) is 18.2. The normalized spacial score (nSPS) is 15.4. The maximum absolute atomic E-state index is 13.0. The molecule has 0 aliphatic carbocycles. The number of hydrogen-bond acceptors (Lipinski definition) is 3. The minimum absolute atomic E-state index is 0.209. The quantitative estimate of drug-likeness (QED) is 0.661. The molecule has 0 atom stereocenters. The number of nitrogens with two attached hydrogens (primary N) is 1. The fraction of sp³-hybridized carbons (Fsp3) is 0.350. The number of nitrogens with zero attached hydrogens (tertiary/aromatic N) is 3. The highest BCUT2D eigenvalue weighted by molar-refractivity contribution is 5.78. The van der Waals surface area contributed by atoms with E-state index in [1.165, 1.54) is 12.1 Å². The van der Waals surface area contributed by atoms with Gasteiger partial charge in [0.1, 0.15) is 5.82 Å². The zero-order valence-electron chi connectivity index (χ0n) is 15.1. The van der Waals surface area contributed by atoms with Crippen LogP contribution in [-0.2, 0) is 17.9 Å². The van der Waals surface area contributed by atoms with Crippen LogP contribution in [0.3, 0.4) is 0 Å². The molecule has 1 fully saturated rings. The van der Waals surface area contributed by atoms with E-state index in [4.69, 9.17) is 10.5 Å². The van der Waals surface area contributed by atoms with Crippen LogP contribution in [0.1, 0.15) is 11.1 Å². The van der Waals surface area contributed by atoms with Gasteiger partial charge in [0, 0.05) is 39.0 Å². The topological polar surface area (TPSA) is 54.1 Å². The van der Waals surface area contributed by atoms with Gasteiger partial charge in [-0.1, -0.05) is 24.3 Å². The highest BCUT2D eigenvalue weighted by Crippen LogP contribution is 2.17. The van der Waals surface area contributed by atoms with Gasteiger partial charge in [-0.15, -0.1) is 0 Å². The Morgan fingerprint density at radius 1 is 1.00 bits per heavy atom. The predicted octanol–water partition coefficient (Wildman–Crippen LogP) is 2.61. The van der Waals surface area contributed by atoms with Crippen molar-refractivity contribution in [3.8, 4) is 0 Å². The van der Waals surface area contributed by atoms with Gasteiger partial charge in [-0.05, 0) is 35.4 Å². The van der Waals surface area contributed by atoms with Crippen molar-refractivity contribution >= 4 is 11.6 Å². The number of guanidine groups is 1. The van der Waals surface area contributed by atoms with E-state index in [2.05, 4.69) is 26.9 Å². The van der Waals surface area contributed by atoms with Crippen LogP contribution < -0.4 is 10.6 Å². The van der Waals surface area contributed by atoms with Crippen molar-refractivity contribution in [2.75, 3.05) is 38.2 Å². The first-order chi connectivity index (χ1) is 12.7. The van der Waals surface area contributed by atoms with Crippen molar-refractivity contribution in [1.29, 1.82) is 0 Å². The number of rotatable bonds is 5. The van der Waals surface area contributed by atoms with E-state index in [1.54, 1.807) is 7.11 Å². The molecular weight excluding hydrogens is 331 g/mol. The minimum Gasteiger partial charge on any atom is -0.380 e. The second kappa shape index (κ2) is 8.67. The molecule has 1 saturated heterocycles. The van der Waals surface area contributed by atoms with Crippen molar-refractivity contribution in [2.24, 2.45) is 10.7 Å². The van der Waals surface area contributed by atoms with Gasteiger partial charge in [-0.3, -0.25) is 0 Å². The highest BCUT2D eigenvalue weighted by atomic mass is 19.1. The van der Waals surface area contributed by atoms with E-state index in [1.807, 2.05) is 24.3 Å². The molecule has 0 radical (unpaired) electrons. The molecule has 5 nitrogen and oxygen atoms in total. The SMILES string of the molecule is COCc1ccc(CN=C(N)N2CCN(c3ccc(F)cc3)CC2)cc1. The molecule has 1 heterocycles. The Morgan fingerprint density at radius 3 is 2.23 bits per heavy atom.